The lowest BCUT2D eigenvalue weighted by molar-refractivity contribution is -0.115. The van der Waals surface area contributed by atoms with Gasteiger partial charge in [0.25, 0.3) is 0 Å². The molecule has 0 saturated carbocycles. The van der Waals surface area contributed by atoms with E-state index in [9.17, 15) is 4.79 Å². The maximum Gasteiger partial charge on any atom is 0.225 e. The Morgan fingerprint density at radius 2 is 2.05 bits per heavy atom. The molecule has 0 radical (unpaired) electrons. The number of imidazole rings is 1. The van der Waals surface area contributed by atoms with Crippen LogP contribution in [0.2, 0.25) is 0 Å². The Balaban J connectivity index is 1.60. The van der Waals surface area contributed by atoms with Gasteiger partial charge in [0.15, 0.2) is 5.16 Å². The zero-order valence-electron chi connectivity index (χ0n) is 12.3. The van der Waals surface area contributed by atoms with E-state index in [1.54, 1.807) is 18.0 Å². The van der Waals surface area contributed by atoms with Crippen molar-refractivity contribution >= 4 is 34.1 Å². The van der Waals surface area contributed by atoms with Crippen LogP contribution in [0.3, 0.4) is 0 Å². The third-order valence-electron chi connectivity index (χ3n) is 3.40. The lowest BCUT2D eigenvalue weighted by atomic mass is 10.1. The van der Waals surface area contributed by atoms with Crippen LogP contribution in [0.1, 0.15) is 6.42 Å². The van der Waals surface area contributed by atoms with Gasteiger partial charge in [0.05, 0.1) is 0 Å². The Morgan fingerprint density at radius 1 is 1.23 bits per heavy atom. The molecule has 0 aliphatic rings. The summed E-state index contributed by atoms with van der Waals surface area (Å²) in [5.41, 5.74) is 0.866. The predicted molar refractivity (Wildman–Crippen MR) is 91.1 cm³/mol. The van der Waals surface area contributed by atoms with Crippen LogP contribution in [-0.2, 0) is 11.8 Å². The second-order valence-corrected chi connectivity index (χ2v) is 6.06. The zero-order chi connectivity index (χ0) is 15.4. The Kier molecular flexibility index (Phi) is 4.44. The molecule has 0 unspecified atom stereocenters. The summed E-state index contributed by atoms with van der Waals surface area (Å²) in [5, 5.41) is 6.12. The van der Waals surface area contributed by atoms with E-state index in [0.717, 1.165) is 21.6 Å². The minimum atomic E-state index is 0.0260. The van der Waals surface area contributed by atoms with Crippen LogP contribution in [0, 0.1) is 0 Å². The Morgan fingerprint density at radius 3 is 2.86 bits per heavy atom. The molecule has 1 heterocycles. The third kappa shape index (κ3) is 3.31. The van der Waals surface area contributed by atoms with E-state index in [0.29, 0.717) is 12.2 Å². The van der Waals surface area contributed by atoms with Crippen molar-refractivity contribution in [1.29, 1.82) is 0 Å². The fourth-order valence-corrected chi connectivity index (χ4v) is 3.14. The van der Waals surface area contributed by atoms with E-state index in [1.807, 2.05) is 60.3 Å². The molecule has 4 nitrogen and oxygen atoms in total. The fourth-order valence-electron chi connectivity index (χ4n) is 2.27. The van der Waals surface area contributed by atoms with Crippen molar-refractivity contribution < 1.29 is 4.79 Å². The van der Waals surface area contributed by atoms with Crippen LogP contribution >= 0.6 is 11.8 Å². The van der Waals surface area contributed by atoms with Gasteiger partial charge in [-0.1, -0.05) is 48.2 Å². The Labute approximate surface area is 133 Å². The van der Waals surface area contributed by atoms with Gasteiger partial charge in [-0.2, -0.15) is 0 Å². The van der Waals surface area contributed by atoms with Gasteiger partial charge in [0.2, 0.25) is 5.91 Å². The highest BCUT2D eigenvalue weighted by Crippen LogP contribution is 2.23. The van der Waals surface area contributed by atoms with E-state index < -0.39 is 0 Å². The first-order chi connectivity index (χ1) is 10.7. The Bertz CT molecular complexity index is 792. The summed E-state index contributed by atoms with van der Waals surface area (Å²) in [7, 11) is 1.95. The van der Waals surface area contributed by atoms with Gasteiger partial charge in [-0.15, -0.1) is 0 Å². The van der Waals surface area contributed by atoms with Gasteiger partial charge in [0.1, 0.15) is 0 Å². The van der Waals surface area contributed by atoms with Crippen molar-refractivity contribution in [2.75, 3.05) is 11.1 Å². The SMILES string of the molecule is Cn1ccnc1SCCC(=O)Nc1cccc2ccccc12. The quantitative estimate of drug-likeness (QED) is 0.731. The first kappa shape index (κ1) is 14.7. The molecule has 3 rings (SSSR count). The largest absolute Gasteiger partial charge is 0.329 e. The van der Waals surface area contributed by atoms with E-state index >= 15 is 0 Å². The lowest BCUT2D eigenvalue weighted by Gasteiger charge is -2.08. The number of anilines is 1. The highest BCUT2D eigenvalue weighted by Gasteiger charge is 2.07. The minimum absolute atomic E-state index is 0.0260. The minimum Gasteiger partial charge on any atom is -0.329 e. The average molecular weight is 311 g/mol. The number of nitrogens with zero attached hydrogens (tertiary/aromatic N) is 2. The second kappa shape index (κ2) is 6.66. The van der Waals surface area contributed by atoms with Crippen LogP contribution in [0.25, 0.3) is 10.8 Å². The maximum atomic E-state index is 12.1. The highest BCUT2D eigenvalue weighted by atomic mass is 32.2. The van der Waals surface area contributed by atoms with E-state index in [-0.39, 0.29) is 5.91 Å². The molecule has 1 aromatic heterocycles. The zero-order valence-corrected chi connectivity index (χ0v) is 13.1. The molecule has 0 aliphatic heterocycles. The van der Waals surface area contributed by atoms with Gasteiger partial charge >= 0.3 is 0 Å². The molecule has 1 N–H and O–H groups in total. The molecule has 3 aromatic rings. The van der Waals surface area contributed by atoms with Gasteiger partial charge < -0.3 is 9.88 Å². The molecule has 1 amide bonds. The number of thioether (sulfide) groups is 1. The molecule has 0 spiro atoms. The normalized spacial score (nSPS) is 10.8. The van der Waals surface area contributed by atoms with Crippen molar-refractivity contribution in [3.05, 3.63) is 54.9 Å². The van der Waals surface area contributed by atoms with Crippen LogP contribution in [0.4, 0.5) is 5.69 Å². The van der Waals surface area contributed by atoms with E-state index in [1.165, 1.54) is 0 Å². The van der Waals surface area contributed by atoms with Crippen LogP contribution in [0.15, 0.2) is 60.0 Å². The summed E-state index contributed by atoms with van der Waals surface area (Å²) in [6.45, 7) is 0. The third-order valence-corrected chi connectivity index (χ3v) is 4.46. The Hall–Kier alpha value is -2.27. The fraction of sp³-hybridized carbons (Fsp3) is 0.176. The lowest BCUT2D eigenvalue weighted by Crippen LogP contribution is -2.12. The monoisotopic (exact) mass is 311 g/mol. The molecule has 112 valence electrons. The smallest absolute Gasteiger partial charge is 0.225 e. The number of aryl methyl sites for hydroxylation is 1. The molecule has 5 heteroatoms. The van der Waals surface area contributed by atoms with E-state index in [4.69, 9.17) is 0 Å². The summed E-state index contributed by atoms with van der Waals surface area (Å²) >= 11 is 1.59. The summed E-state index contributed by atoms with van der Waals surface area (Å²) in [5.74, 6) is 0.736. The molecule has 0 fully saturated rings. The van der Waals surface area contributed by atoms with Crippen molar-refractivity contribution in [3.8, 4) is 0 Å². The first-order valence-corrected chi connectivity index (χ1v) is 8.10. The molecular formula is C17H17N3OS. The molecule has 0 bridgehead atoms. The first-order valence-electron chi connectivity index (χ1n) is 7.12. The number of hydrogen-bond acceptors (Lipinski definition) is 3. The number of aromatic nitrogens is 2. The number of nitrogens with one attached hydrogen (secondary N) is 1. The summed E-state index contributed by atoms with van der Waals surface area (Å²) in [6.07, 6.45) is 4.12. The van der Waals surface area contributed by atoms with Gasteiger partial charge in [-0.3, -0.25) is 4.79 Å². The summed E-state index contributed by atoms with van der Waals surface area (Å²) in [4.78, 5) is 16.3. The number of benzene rings is 2. The summed E-state index contributed by atoms with van der Waals surface area (Å²) < 4.78 is 1.95. The molecular weight excluding hydrogens is 294 g/mol. The number of amides is 1. The average Bonchev–Trinajstić information content (AvgIpc) is 2.93. The molecule has 0 saturated heterocycles. The maximum absolute atomic E-state index is 12.1. The van der Waals surface area contributed by atoms with Crippen LogP contribution in [0.5, 0.6) is 0 Å². The van der Waals surface area contributed by atoms with Crippen LogP contribution < -0.4 is 5.32 Å². The number of fused-ring (bicyclic) bond motifs is 1. The highest BCUT2D eigenvalue weighted by molar-refractivity contribution is 7.99. The van der Waals surface area contributed by atoms with E-state index in [2.05, 4.69) is 10.3 Å². The number of rotatable bonds is 5. The molecule has 0 aliphatic carbocycles. The number of carbonyl (C=O) groups is 1. The molecule has 0 atom stereocenters. The van der Waals surface area contributed by atoms with Crippen LogP contribution in [-0.4, -0.2) is 21.2 Å². The predicted octanol–water partition coefficient (Wildman–Crippen LogP) is 3.69. The number of hydrogen-bond donors (Lipinski definition) is 1. The molecule has 22 heavy (non-hydrogen) atoms. The van der Waals surface area contributed by atoms with Gasteiger partial charge in [-0.05, 0) is 11.5 Å². The molecule has 2 aromatic carbocycles. The number of carbonyl (C=O) groups excluding carboxylic acids is 1. The van der Waals surface area contributed by atoms with Crippen molar-refractivity contribution in [3.63, 3.8) is 0 Å². The summed E-state index contributed by atoms with van der Waals surface area (Å²) in [6, 6.07) is 14.0. The second-order valence-electron chi connectivity index (χ2n) is 4.99. The van der Waals surface area contributed by atoms with Gasteiger partial charge in [-0.25, -0.2) is 4.98 Å². The topological polar surface area (TPSA) is 46.9 Å². The van der Waals surface area contributed by atoms with Crippen molar-refractivity contribution in [2.45, 2.75) is 11.6 Å². The van der Waals surface area contributed by atoms with Crippen molar-refractivity contribution in [2.24, 2.45) is 7.05 Å². The standard InChI is InChI=1S/C17H17N3OS/c1-20-11-10-18-17(20)22-12-9-16(21)19-15-8-4-6-13-5-2-3-7-14(13)15/h2-8,10-11H,9,12H2,1H3,(H,19,21). The van der Waals surface area contributed by atoms with Crippen molar-refractivity contribution in [1.82, 2.24) is 9.55 Å². The van der Waals surface area contributed by atoms with Gasteiger partial charge in [0, 0.05) is 42.7 Å².